The molecular formula is C8H9ClN2O. The summed E-state index contributed by atoms with van der Waals surface area (Å²) in [7, 11) is 0. The van der Waals surface area contributed by atoms with Crippen LogP contribution >= 0.6 is 11.6 Å². The van der Waals surface area contributed by atoms with Gasteiger partial charge in [-0.1, -0.05) is 11.6 Å². The highest BCUT2D eigenvalue weighted by Gasteiger charge is 2.26. The van der Waals surface area contributed by atoms with Gasteiger partial charge in [-0.3, -0.25) is 4.79 Å². The SMILES string of the molecule is Cc1cc(Cl)nn(C2CC2)c1=O. The van der Waals surface area contributed by atoms with Crippen LogP contribution < -0.4 is 5.56 Å². The van der Waals surface area contributed by atoms with Crippen LogP contribution in [0.2, 0.25) is 5.15 Å². The van der Waals surface area contributed by atoms with Gasteiger partial charge in [-0.25, -0.2) is 4.68 Å². The summed E-state index contributed by atoms with van der Waals surface area (Å²) in [5.74, 6) is 0. The first kappa shape index (κ1) is 7.80. The Morgan fingerprint density at radius 3 is 2.92 bits per heavy atom. The fraction of sp³-hybridized carbons (Fsp3) is 0.500. The van der Waals surface area contributed by atoms with Crippen molar-refractivity contribution in [3.05, 3.63) is 27.1 Å². The molecule has 0 saturated heterocycles. The molecule has 0 N–H and O–H groups in total. The second-order valence-electron chi connectivity index (χ2n) is 3.13. The van der Waals surface area contributed by atoms with Crippen molar-refractivity contribution in [2.24, 2.45) is 0 Å². The monoisotopic (exact) mass is 184 g/mol. The molecule has 4 heteroatoms. The predicted octanol–water partition coefficient (Wildman–Crippen LogP) is 1.54. The molecule has 12 heavy (non-hydrogen) atoms. The van der Waals surface area contributed by atoms with Gasteiger partial charge >= 0.3 is 0 Å². The summed E-state index contributed by atoms with van der Waals surface area (Å²) in [4.78, 5) is 11.4. The number of hydrogen-bond acceptors (Lipinski definition) is 2. The number of rotatable bonds is 1. The first-order valence-electron chi connectivity index (χ1n) is 3.94. The van der Waals surface area contributed by atoms with Gasteiger partial charge in [0.1, 0.15) is 5.15 Å². The molecule has 0 atom stereocenters. The molecule has 2 rings (SSSR count). The van der Waals surface area contributed by atoms with Crippen LogP contribution in [0.25, 0.3) is 0 Å². The quantitative estimate of drug-likeness (QED) is 0.664. The largest absolute Gasteiger partial charge is 0.270 e. The number of nitrogens with zero attached hydrogens (tertiary/aromatic N) is 2. The lowest BCUT2D eigenvalue weighted by atomic mass is 10.3. The molecule has 1 saturated carbocycles. The summed E-state index contributed by atoms with van der Waals surface area (Å²) >= 11 is 5.72. The first-order valence-corrected chi connectivity index (χ1v) is 4.32. The molecule has 0 aromatic carbocycles. The predicted molar refractivity (Wildman–Crippen MR) is 46.5 cm³/mol. The van der Waals surface area contributed by atoms with Crippen molar-refractivity contribution >= 4 is 11.6 Å². The average Bonchev–Trinajstić information content (AvgIpc) is 2.79. The lowest BCUT2D eigenvalue weighted by molar-refractivity contribution is 0.595. The van der Waals surface area contributed by atoms with Gasteiger partial charge < -0.3 is 0 Å². The van der Waals surface area contributed by atoms with Crippen LogP contribution in [-0.2, 0) is 0 Å². The van der Waals surface area contributed by atoms with Crippen molar-refractivity contribution in [2.45, 2.75) is 25.8 Å². The van der Waals surface area contributed by atoms with E-state index in [1.54, 1.807) is 13.0 Å². The lowest BCUT2D eigenvalue weighted by Gasteiger charge is -2.02. The molecular weight excluding hydrogens is 176 g/mol. The summed E-state index contributed by atoms with van der Waals surface area (Å²) in [6.45, 7) is 1.76. The van der Waals surface area contributed by atoms with Gasteiger partial charge in [-0.15, -0.1) is 0 Å². The van der Waals surface area contributed by atoms with Gasteiger partial charge in [0.15, 0.2) is 0 Å². The van der Waals surface area contributed by atoms with E-state index in [9.17, 15) is 4.79 Å². The van der Waals surface area contributed by atoms with Crippen molar-refractivity contribution in [3.8, 4) is 0 Å². The molecule has 1 fully saturated rings. The zero-order valence-corrected chi connectivity index (χ0v) is 7.51. The molecule has 1 aliphatic rings. The average molecular weight is 185 g/mol. The third-order valence-electron chi connectivity index (χ3n) is 1.98. The summed E-state index contributed by atoms with van der Waals surface area (Å²) in [6.07, 6.45) is 2.10. The molecule has 3 nitrogen and oxygen atoms in total. The van der Waals surface area contributed by atoms with Crippen molar-refractivity contribution in [2.75, 3.05) is 0 Å². The number of hydrogen-bond donors (Lipinski definition) is 0. The molecule has 0 unspecified atom stereocenters. The van der Waals surface area contributed by atoms with Gasteiger partial charge in [-0.2, -0.15) is 5.10 Å². The highest BCUT2D eigenvalue weighted by Crippen LogP contribution is 2.32. The fourth-order valence-electron chi connectivity index (χ4n) is 1.16. The number of aromatic nitrogens is 2. The summed E-state index contributed by atoms with van der Waals surface area (Å²) < 4.78 is 1.50. The Morgan fingerprint density at radius 2 is 2.33 bits per heavy atom. The minimum absolute atomic E-state index is 0.0121. The topological polar surface area (TPSA) is 34.9 Å². The molecule has 1 heterocycles. The van der Waals surface area contributed by atoms with Crippen LogP contribution in [0, 0.1) is 6.92 Å². The van der Waals surface area contributed by atoms with E-state index in [-0.39, 0.29) is 5.56 Å². The summed E-state index contributed by atoms with van der Waals surface area (Å²) in [5, 5.41) is 4.37. The Bertz CT molecular complexity index is 368. The highest BCUT2D eigenvalue weighted by molar-refractivity contribution is 6.29. The van der Waals surface area contributed by atoms with Crippen LogP contribution in [0.4, 0.5) is 0 Å². The van der Waals surface area contributed by atoms with Gasteiger partial charge in [0.05, 0.1) is 6.04 Å². The van der Waals surface area contributed by atoms with Gasteiger partial charge in [0.2, 0.25) is 0 Å². The van der Waals surface area contributed by atoms with Crippen LogP contribution in [0.5, 0.6) is 0 Å². The zero-order valence-electron chi connectivity index (χ0n) is 6.75. The second-order valence-corrected chi connectivity index (χ2v) is 3.52. The maximum atomic E-state index is 11.4. The maximum absolute atomic E-state index is 11.4. The lowest BCUT2D eigenvalue weighted by Crippen LogP contribution is -2.23. The van der Waals surface area contributed by atoms with Gasteiger partial charge in [0, 0.05) is 5.56 Å². The van der Waals surface area contributed by atoms with E-state index in [4.69, 9.17) is 11.6 Å². The minimum Gasteiger partial charge on any atom is -0.268 e. The van der Waals surface area contributed by atoms with E-state index in [0.717, 1.165) is 12.8 Å². The molecule has 1 aromatic heterocycles. The smallest absolute Gasteiger partial charge is 0.268 e. The van der Waals surface area contributed by atoms with Crippen LogP contribution in [0.3, 0.4) is 0 Å². The first-order chi connectivity index (χ1) is 5.68. The van der Waals surface area contributed by atoms with E-state index < -0.39 is 0 Å². The summed E-state index contributed by atoms with van der Waals surface area (Å²) in [5.41, 5.74) is 0.656. The molecule has 64 valence electrons. The number of aryl methyl sites for hydroxylation is 1. The second kappa shape index (κ2) is 2.59. The van der Waals surface area contributed by atoms with Crippen molar-refractivity contribution in [3.63, 3.8) is 0 Å². The van der Waals surface area contributed by atoms with Crippen molar-refractivity contribution in [1.29, 1.82) is 0 Å². The highest BCUT2D eigenvalue weighted by atomic mass is 35.5. The van der Waals surface area contributed by atoms with Crippen molar-refractivity contribution in [1.82, 2.24) is 9.78 Å². The minimum atomic E-state index is -0.0121. The fourth-order valence-corrected chi connectivity index (χ4v) is 1.41. The standard InChI is InChI=1S/C8H9ClN2O/c1-5-4-7(9)10-11(8(5)12)6-2-3-6/h4,6H,2-3H2,1H3. The normalized spacial score (nSPS) is 16.5. The molecule has 0 bridgehead atoms. The number of halogens is 1. The van der Waals surface area contributed by atoms with Crippen LogP contribution in [0.15, 0.2) is 10.9 Å². The van der Waals surface area contributed by atoms with E-state index in [0.29, 0.717) is 16.8 Å². The Balaban J connectivity index is 2.58. The molecule has 0 spiro atoms. The molecule has 0 amide bonds. The van der Waals surface area contributed by atoms with Gasteiger partial charge in [0.25, 0.3) is 5.56 Å². The van der Waals surface area contributed by atoms with E-state index >= 15 is 0 Å². The van der Waals surface area contributed by atoms with Crippen LogP contribution in [-0.4, -0.2) is 9.78 Å². The van der Waals surface area contributed by atoms with E-state index in [1.807, 2.05) is 0 Å². The Labute approximate surface area is 75.0 Å². The summed E-state index contributed by atoms with van der Waals surface area (Å²) in [6, 6.07) is 1.90. The van der Waals surface area contributed by atoms with Crippen molar-refractivity contribution < 1.29 is 0 Å². The maximum Gasteiger partial charge on any atom is 0.270 e. The van der Waals surface area contributed by atoms with Gasteiger partial charge in [-0.05, 0) is 25.8 Å². The van der Waals surface area contributed by atoms with E-state index in [1.165, 1.54) is 4.68 Å². The molecule has 1 aromatic rings. The Morgan fingerprint density at radius 1 is 1.67 bits per heavy atom. The molecule has 1 aliphatic carbocycles. The third kappa shape index (κ3) is 1.25. The molecule has 0 radical (unpaired) electrons. The Kier molecular flexibility index (Phi) is 1.68. The van der Waals surface area contributed by atoms with Crippen LogP contribution in [0.1, 0.15) is 24.4 Å². The zero-order chi connectivity index (χ0) is 8.72. The van der Waals surface area contributed by atoms with E-state index in [2.05, 4.69) is 5.10 Å². The third-order valence-corrected chi connectivity index (χ3v) is 2.16. The Hall–Kier alpha value is -0.830. The molecule has 0 aliphatic heterocycles.